The first-order valence-electron chi connectivity index (χ1n) is 7.37. The van der Waals surface area contributed by atoms with E-state index < -0.39 is 24.4 Å². The molecule has 0 radical (unpaired) electrons. The van der Waals surface area contributed by atoms with E-state index in [1.165, 1.54) is 0 Å². The summed E-state index contributed by atoms with van der Waals surface area (Å²) in [5.41, 5.74) is 0. The molecule has 0 fully saturated rings. The fourth-order valence-electron chi connectivity index (χ4n) is 2.29. The highest BCUT2D eigenvalue weighted by Crippen LogP contribution is 2.00. The van der Waals surface area contributed by atoms with Gasteiger partial charge < -0.3 is 20.4 Å². The molecule has 0 aromatic carbocycles. The minimum atomic E-state index is -0.448. The Labute approximate surface area is 130 Å². The van der Waals surface area contributed by atoms with Gasteiger partial charge in [-0.2, -0.15) is 0 Å². The van der Waals surface area contributed by atoms with Gasteiger partial charge in [-0.25, -0.2) is 0 Å². The summed E-state index contributed by atoms with van der Waals surface area (Å²) < 4.78 is 0. The molecule has 0 aromatic heterocycles. The van der Waals surface area contributed by atoms with E-state index in [2.05, 4.69) is 0 Å². The van der Waals surface area contributed by atoms with Crippen molar-refractivity contribution in [3.8, 4) is 0 Å². The van der Waals surface area contributed by atoms with Crippen LogP contribution < -0.4 is 0 Å². The van der Waals surface area contributed by atoms with Gasteiger partial charge in [0.25, 0.3) is 0 Å². The molecule has 0 saturated carbocycles. The lowest BCUT2D eigenvalue weighted by Gasteiger charge is -2.30. The van der Waals surface area contributed by atoms with Crippen molar-refractivity contribution in [1.82, 2.24) is 9.80 Å². The standard InChI is InChI=1S/C14H32N2O4.CH4/c1-11(17)7-15(8-12(2)18)5-6-16(9-13(3)19)10-14(4)20;/h11-14,17-20H,5-10H2,1-4H3;1H4. The Bertz CT molecular complexity index is 192. The number of aliphatic hydroxyl groups is 4. The second-order valence-corrected chi connectivity index (χ2v) is 5.92. The first kappa shape index (κ1) is 23.0. The molecular weight excluding hydrogens is 272 g/mol. The average molecular weight is 308 g/mol. The predicted molar refractivity (Wildman–Crippen MR) is 86.3 cm³/mol. The molecule has 0 aliphatic rings. The van der Waals surface area contributed by atoms with Crippen LogP contribution in [0.5, 0.6) is 0 Å². The van der Waals surface area contributed by atoms with Crippen molar-refractivity contribution in [1.29, 1.82) is 0 Å². The molecular formula is C15H36N2O4. The van der Waals surface area contributed by atoms with Crippen LogP contribution in [0.15, 0.2) is 0 Å². The van der Waals surface area contributed by atoms with Crippen molar-refractivity contribution in [3.63, 3.8) is 0 Å². The van der Waals surface area contributed by atoms with Crippen molar-refractivity contribution in [2.24, 2.45) is 0 Å². The van der Waals surface area contributed by atoms with Crippen LogP contribution in [-0.4, -0.2) is 93.9 Å². The Balaban J connectivity index is 0. The number of nitrogens with zero attached hydrogens (tertiary/aromatic N) is 2. The molecule has 4 N–H and O–H groups in total. The van der Waals surface area contributed by atoms with E-state index in [0.29, 0.717) is 39.3 Å². The highest BCUT2D eigenvalue weighted by atomic mass is 16.3. The number of hydrogen-bond donors (Lipinski definition) is 4. The molecule has 0 aliphatic carbocycles. The van der Waals surface area contributed by atoms with Crippen molar-refractivity contribution >= 4 is 0 Å². The van der Waals surface area contributed by atoms with Crippen molar-refractivity contribution in [2.45, 2.75) is 59.5 Å². The number of rotatable bonds is 11. The van der Waals surface area contributed by atoms with Gasteiger partial charge in [0, 0.05) is 39.3 Å². The zero-order valence-electron chi connectivity index (χ0n) is 13.2. The second-order valence-electron chi connectivity index (χ2n) is 5.92. The van der Waals surface area contributed by atoms with E-state index in [9.17, 15) is 20.4 Å². The van der Waals surface area contributed by atoms with E-state index in [4.69, 9.17) is 0 Å². The van der Waals surface area contributed by atoms with Crippen LogP contribution >= 0.6 is 0 Å². The third-order valence-electron chi connectivity index (χ3n) is 2.82. The summed E-state index contributed by atoms with van der Waals surface area (Å²) >= 11 is 0. The maximum atomic E-state index is 9.47. The molecule has 0 spiro atoms. The van der Waals surface area contributed by atoms with Crippen molar-refractivity contribution in [3.05, 3.63) is 0 Å². The highest BCUT2D eigenvalue weighted by molar-refractivity contribution is 4.70. The minimum absolute atomic E-state index is 0. The number of hydrogen-bond acceptors (Lipinski definition) is 6. The van der Waals surface area contributed by atoms with Crippen LogP contribution in [0, 0.1) is 0 Å². The quantitative estimate of drug-likeness (QED) is 0.421. The van der Waals surface area contributed by atoms with E-state index >= 15 is 0 Å². The van der Waals surface area contributed by atoms with Crippen LogP contribution in [0.4, 0.5) is 0 Å². The SMILES string of the molecule is C.CC(O)CN(CCN(CC(C)O)CC(C)O)CC(C)O. The number of aliphatic hydroxyl groups excluding tert-OH is 4. The summed E-state index contributed by atoms with van der Waals surface area (Å²) in [5, 5.41) is 37.9. The molecule has 0 saturated heterocycles. The fourth-order valence-corrected chi connectivity index (χ4v) is 2.29. The Morgan fingerprint density at radius 2 is 0.762 bits per heavy atom. The molecule has 0 heterocycles. The Morgan fingerprint density at radius 3 is 0.905 bits per heavy atom. The van der Waals surface area contributed by atoms with Crippen LogP contribution in [0.2, 0.25) is 0 Å². The topological polar surface area (TPSA) is 87.4 Å². The lowest BCUT2D eigenvalue weighted by molar-refractivity contribution is 0.0542. The maximum Gasteiger partial charge on any atom is 0.0639 e. The third-order valence-corrected chi connectivity index (χ3v) is 2.82. The molecule has 0 aliphatic heterocycles. The van der Waals surface area contributed by atoms with Crippen molar-refractivity contribution < 1.29 is 20.4 Å². The Kier molecular flexibility index (Phi) is 13.5. The molecule has 6 nitrogen and oxygen atoms in total. The summed E-state index contributed by atoms with van der Waals surface area (Å²) in [4.78, 5) is 3.98. The largest absolute Gasteiger partial charge is 0.392 e. The van der Waals surface area contributed by atoms with Gasteiger partial charge in [-0.1, -0.05) is 7.43 Å². The molecule has 4 unspecified atom stereocenters. The Hall–Kier alpha value is -0.240. The molecule has 6 heteroatoms. The molecule has 0 rings (SSSR count). The third kappa shape index (κ3) is 14.5. The van der Waals surface area contributed by atoms with E-state index in [0.717, 1.165) is 0 Å². The smallest absolute Gasteiger partial charge is 0.0639 e. The zero-order valence-corrected chi connectivity index (χ0v) is 13.2. The molecule has 4 atom stereocenters. The Morgan fingerprint density at radius 1 is 0.571 bits per heavy atom. The van der Waals surface area contributed by atoms with Crippen LogP contribution in [0.25, 0.3) is 0 Å². The zero-order chi connectivity index (χ0) is 15.7. The summed E-state index contributed by atoms with van der Waals surface area (Å²) in [6.45, 7) is 10.2. The van der Waals surface area contributed by atoms with Crippen LogP contribution in [-0.2, 0) is 0 Å². The van der Waals surface area contributed by atoms with Crippen molar-refractivity contribution in [2.75, 3.05) is 39.3 Å². The second kappa shape index (κ2) is 12.3. The van der Waals surface area contributed by atoms with Crippen LogP contribution in [0.3, 0.4) is 0 Å². The maximum absolute atomic E-state index is 9.47. The van der Waals surface area contributed by atoms with E-state index in [1.807, 2.05) is 9.80 Å². The molecule has 130 valence electrons. The summed E-state index contributed by atoms with van der Waals surface area (Å²) in [5.74, 6) is 0. The average Bonchev–Trinajstić information content (AvgIpc) is 2.22. The summed E-state index contributed by atoms with van der Waals surface area (Å²) in [6.07, 6.45) is -1.79. The van der Waals surface area contributed by atoms with Gasteiger partial charge in [-0.15, -0.1) is 0 Å². The first-order valence-corrected chi connectivity index (χ1v) is 7.37. The van der Waals surface area contributed by atoms with Gasteiger partial charge in [0.2, 0.25) is 0 Å². The summed E-state index contributed by atoms with van der Waals surface area (Å²) in [6, 6.07) is 0. The van der Waals surface area contributed by atoms with E-state index in [-0.39, 0.29) is 7.43 Å². The molecule has 0 aromatic rings. The van der Waals surface area contributed by atoms with Gasteiger partial charge in [0.15, 0.2) is 0 Å². The van der Waals surface area contributed by atoms with Crippen LogP contribution in [0.1, 0.15) is 35.1 Å². The lowest BCUT2D eigenvalue weighted by atomic mass is 10.2. The van der Waals surface area contributed by atoms with E-state index in [1.54, 1.807) is 27.7 Å². The van der Waals surface area contributed by atoms with Gasteiger partial charge in [0.05, 0.1) is 24.4 Å². The normalized spacial score (nSPS) is 17.4. The molecule has 0 bridgehead atoms. The van der Waals surface area contributed by atoms with Gasteiger partial charge >= 0.3 is 0 Å². The molecule has 21 heavy (non-hydrogen) atoms. The first-order chi connectivity index (χ1) is 9.20. The molecule has 0 amide bonds. The van der Waals surface area contributed by atoms with Gasteiger partial charge in [-0.05, 0) is 27.7 Å². The lowest BCUT2D eigenvalue weighted by Crippen LogP contribution is -2.44. The predicted octanol–water partition coefficient (Wildman–Crippen LogP) is -0.250. The van der Waals surface area contributed by atoms with Gasteiger partial charge in [0.1, 0.15) is 0 Å². The van der Waals surface area contributed by atoms with Gasteiger partial charge in [-0.3, -0.25) is 9.80 Å². The highest BCUT2D eigenvalue weighted by Gasteiger charge is 2.15. The monoisotopic (exact) mass is 308 g/mol. The summed E-state index contributed by atoms with van der Waals surface area (Å²) in [7, 11) is 0. The fraction of sp³-hybridized carbons (Fsp3) is 1.00. The minimum Gasteiger partial charge on any atom is -0.392 e.